The first kappa shape index (κ1) is 13.3. The zero-order valence-electron chi connectivity index (χ0n) is 10.7. The fourth-order valence-electron chi connectivity index (χ4n) is 1.70. The van der Waals surface area contributed by atoms with Crippen LogP contribution in [0.25, 0.3) is 0 Å². The molecule has 0 aliphatic carbocycles. The number of ether oxygens (including phenoxy) is 1. The Bertz CT molecular complexity index is 453. The van der Waals surface area contributed by atoms with Gasteiger partial charge in [0, 0.05) is 18.0 Å². The van der Waals surface area contributed by atoms with Gasteiger partial charge in [-0.15, -0.1) is 11.3 Å². The minimum atomic E-state index is 0.695. The number of hydrogen-bond acceptors (Lipinski definition) is 3. The average molecular weight is 261 g/mol. The third-order valence-electron chi connectivity index (χ3n) is 2.79. The number of benzene rings is 1. The Balaban J connectivity index is 1.56. The van der Waals surface area contributed by atoms with Crippen LogP contribution in [0.1, 0.15) is 16.0 Å². The Morgan fingerprint density at radius 2 is 2.00 bits per heavy atom. The molecule has 2 aromatic rings. The number of nitrogens with one attached hydrogen (secondary N) is 1. The first-order valence-corrected chi connectivity index (χ1v) is 7.09. The molecule has 2 rings (SSSR count). The van der Waals surface area contributed by atoms with Crippen LogP contribution >= 0.6 is 11.3 Å². The summed E-state index contributed by atoms with van der Waals surface area (Å²) < 4.78 is 5.61. The minimum absolute atomic E-state index is 0.695. The van der Waals surface area contributed by atoms with Crippen LogP contribution in [0, 0.1) is 6.92 Å². The van der Waals surface area contributed by atoms with E-state index in [2.05, 4.69) is 35.8 Å². The lowest BCUT2D eigenvalue weighted by Crippen LogP contribution is -2.19. The fraction of sp³-hybridized carbons (Fsp3) is 0.333. The maximum Gasteiger partial charge on any atom is 0.0717 e. The smallest absolute Gasteiger partial charge is 0.0717 e. The van der Waals surface area contributed by atoms with Gasteiger partial charge in [-0.3, -0.25) is 0 Å². The molecule has 0 saturated carbocycles. The molecular formula is C15H19NOS. The van der Waals surface area contributed by atoms with E-state index in [-0.39, 0.29) is 0 Å². The number of hydrogen-bond donors (Lipinski definition) is 1. The van der Waals surface area contributed by atoms with Crippen molar-refractivity contribution in [2.24, 2.45) is 0 Å². The van der Waals surface area contributed by atoms with E-state index in [9.17, 15) is 0 Å². The Labute approximate surface area is 113 Å². The maximum atomic E-state index is 5.61. The van der Waals surface area contributed by atoms with E-state index in [1.165, 1.54) is 16.0 Å². The molecule has 0 fully saturated rings. The standard InChI is InChI=1S/C15H19NOS/c1-13-7-10-18-15(13)11-16-8-9-17-12-14-5-3-2-4-6-14/h2-7,10,16H,8-9,11-12H2,1H3. The summed E-state index contributed by atoms with van der Waals surface area (Å²) in [5.74, 6) is 0. The average Bonchev–Trinajstić information content (AvgIpc) is 2.81. The largest absolute Gasteiger partial charge is 0.375 e. The van der Waals surface area contributed by atoms with Crippen molar-refractivity contribution in [3.63, 3.8) is 0 Å². The van der Waals surface area contributed by atoms with Crippen LogP contribution in [0.3, 0.4) is 0 Å². The molecule has 1 N–H and O–H groups in total. The summed E-state index contributed by atoms with van der Waals surface area (Å²) >= 11 is 1.81. The van der Waals surface area contributed by atoms with E-state index < -0.39 is 0 Å². The van der Waals surface area contributed by atoms with Crippen molar-refractivity contribution in [2.45, 2.75) is 20.1 Å². The maximum absolute atomic E-state index is 5.61. The predicted octanol–water partition coefficient (Wildman–Crippen LogP) is 3.36. The topological polar surface area (TPSA) is 21.3 Å². The van der Waals surface area contributed by atoms with E-state index in [1.54, 1.807) is 11.3 Å². The van der Waals surface area contributed by atoms with Crippen molar-refractivity contribution in [1.29, 1.82) is 0 Å². The third kappa shape index (κ3) is 4.26. The second-order valence-electron chi connectivity index (χ2n) is 4.24. The number of rotatable bonds is 7. The van der Waals surface area contributed by atoms with Gasteiger partial charge in [0.05, 0.1) is 13.2 Å². The molecule has 0 aliphatic heterocycles. The predicted molar refractivity (Wildman–Crippen MR) is 76.9 cm³/mol. The summed E-state index contributed by atoms with van der Waals surface area (Å²) in [6.07, 6.45) is 0. The van der Waals surface area contributed by atoms with Crippen molar-refractivity contribution in [2.75, 3.05) is 13.2 Å². The van der Waals surface area contributed by atoms with Crippen LogP contribution in [0.4, 0.5) is 0 Å². The molecule has 0 aliphatic rings. The van der Waals surface area contributed by atoms with Gasteiger partial charge in [-0.1, -0.05) is 30.3 Å². The van der Waals surface area contributed by atoms with E-state index in [4.69, 9.17) is 4.74 Å². The molecule has 1 heterocycles. The molecule has 3 heteroatoms. The van der Waals surface area contributed by atoms with Gasteiger partial charge in [0.25, 0.3) is 0 Å². The van der Waals surface area contributed by atoms with Crippen LogP contribution in [-0.2, 0) is 17.9 Å². The lowest BCUT2D eigenvalue weighted by molar-refractivity contribution is 0.122. The monoisotopic (exact) mass is 261 g/mol. The molecule has 2 nitrogen and oxygen atoms in total. The SMILES string of the molecule is Cc1ccsc1CNCCOCc1ccccc1. The van der Waals surface area contributed by atoms with Gasteiger partial charge < -0.3 is 10.1 Å². The molecule has 0 spiro atoms. The van der Waals surface area contributed by atoms with Crippen molar-refractivity contribution in [3.05, 3.63) is 57.8 Å². The van der Waals surface area contributed by atoms with Gasteiger partial charge >= 0.3 is 0 Å². The van der Waals surface area contributed by atoms with Crippen molar-refractivity contribution >= 4 is 11.3 Å². The van der Waals surface area contributed by atoms with Gasteiger partial charge in [0.1, 0.15) is 0 Å². The molecule has 0 amide bonds. The molecule has 1 aromatic carbocycles. The van der Waals surface area contributed by atoms with Gasteiger partial charge in [0.2, 0.25) is 0 Å². The highest BCUT2D eigenvalue weighted by atomic mass is 32.1. The molecule has 0 radical (unpaired) electrons. The molecule has 0 unspecified atom stereocenters. The Kier molecular flexibility index (Phi) is 5.39. The highest BCUT2D eigenvalue weighted by molar-refractivity contribution is 7.10. The van der Waals surface area contributed by atoms with Crippen LogP contribution < -0.4 is 5.32 Å². The Morgan fingerprint density at radius 3 is 2.72 bits per heavy atom. The van der Waals surface area contributed by atoms with Gasteiger partial charge in [-0.2, -0.15) is 0 Å². The number of aryl methyl sites for hydroxylation is 1. The summed E-state index contributed by atoms with van der Waals surface area (Å²) in [7, 11) is 0. The van der Waals surface area contributed by atoms with Crippen LogP contribution in [0.2, 0.25) is 0 Å². The van der Waals surface area contributed by atoms with Crippen molar-refractivity contribution < 1.29 is 4.74 Å². The lowest BCUT2D eigenvalue weighted by Gasteiger charge is -2.06. The quantitative estimate of drug-likeness (QED) is 0.772. The van der Waals surface area contributed by atoms with Crippen molar-refractivity contribution in [1.82, 2.24) is 5.32 Å². The lowest BCUT2D eigenvalue weighted by atomic mass is 10.2. The molecule has 18 heavy (non-hydrogen) atoms. The summed E-state index contributed by atoms with van der Waals surface area (Å²) in [6.45, 7) is 5.43. The molecule has 96 valence electrons. The second kappa shape index (κ2) is 7.31. The first-order valence-electron chi connectivity index (χ1n) is 6.21. The van der Waals surface area contributed by atoms with Gasteiger partial charge in [-0.05, 0) is 29.5 Å². The van der Waals surface area contributed by atoms with Crippen molar-refractivity contribution in [3.8, 4) is 0 Å². The summed E-state index contributed by atoms with van der Waals surface area (Å²) in [5, 5.41) is 5.54. The van der Waals surface area contributed by atoms with E-state index >= 15 is 0 Å². The van der Waals surface area contributed by atoms with Crippen LogP contribution in [-0.4, -0.2) is 13.2 Å². The molecule has 0 saturated heterocycles. The van der Waals surface area contributed by atoms with Gasteiger partial charge in [0.15, 0.2) is 0 Å². The second-order valence-corrected chi connectivity index (χ2v) is 5.24. The van der Waals surface area contributed by atoms with Gasteiger partial charge in [-0.25, -0.2) is 0 Å². The highest BCUT2D eigenvalue weighted by Gasteiger charge is 1.98. The zero-order valence-corrected chi connectivity index (χ0v) is 11.5. The highest BCUT2D eigenvalue weighted by Crippen LogP contribution is 2.14. The summed E-state index contributed by atoms with van der Waals surface area (Å²) in [5.41, 5.74) is 2.60. The normalized spacial score (nSPS) is 10.7. The first-order chi connectivity index (χ1) is 8.86. The van der Waals surface area contributed by atoms with E-state index in [1.807, 2.05) is 18.2 Å². The fourth-order valence-corrected chi connectivity index (χ4v) is 2.57. The molecular weight excluding hydrogens is 242 g/mol. The third-order valence-corrected chi connectivity index (χ3v) is 3.81. The summed E-state index contributed by atoms with van der Waals surface area (Å²) in [6, 6.07) is 12.4. The Hall–Kier alpha value is -1.16. The molecule has 0 atom stereocenters. The molecule has 0 bridgehead atoms. The Morgan fingerprint density at radius 1 is 1.17 bits per heavy atom. The zero-order chi connectivity index (χ0) is 12.6. The molecule has 1 aromatic heterocycles. The van der Waals surface area contributed by atoms with Crippen LogP contribution in [0.5, 0.6) is 0 Å². The summed E-state index contributed by atoms with van der Waals surface area (Å²) in [4.78, 5) is 1.41. The van der Waals surface area contributed by atoms with Crippen LogP contribution in [0.15, 0.2) is 41.8 Å². The minimum Gasteiger partial charge on any atom is -0.375 e. The van der Waals surface area contributed by atoms with E-state index in [0.717, 1.165) is 19.7 Å². The number of thiophene rings is 1. The van der Waals surface area contributed by atoms with E-state index in [0.29, 0.717) is 6.61 Å².